The Labute approximate surface area is 202 Å². The lowest BCUT2D eigenvalue weighted by Gasteiger charge is -2.31. The first-order valence-electron chi connectivity index (χ1n) is 11.4. The molecule has 0 aromatic heterocycles. The number of carbonyl (C=O) groups is 1. The Bertz CT molecular complexity index is 1120. The molecule has 34 heavy (non-hydrogen) atoms. The highest BCUT2D eigenvalue weighted by Gasteiger charge is 2.29. The fraction of sp³-hybridized carbons (Fsp3) is 0.423. The molecule has 1 aliphatic carbocycles. The Hall–Kier alpha value is -2.52. The number of nitrogens with one attached hydrogen (secondary N) is 1. The van der Waals surface area contributed by atoms with E-state index in [-0.39, 0.29) is 29.1 Å². The molecule has 184 valence electrons. The number of likely N-dealkylation sites (N-methyl/N-ethyl adjacent to an activating group) is 1. The third-order valence-corrected chi connectivity index (χ3v) is 8.13. The minimum atomic E-state index is -3.91. The molecule has 1 unspecified atom stereocenters. The van der Waals surface area contributed by atoms with Gasteiger partial charge < -0.3 is 15.5 Å². The van der Waals surface area contributed by atoms with Gasteiger partial charge in [-0.25, -0.2) is 13.2 Å². The normalized spacial score (nSPS) is 15.7. The minimum absolute atomic E-state index is 0.00344. The van der Waals surface area contributed by atoms with E-state index < -0.39 is 22.1 Å². The van der Waals surface area contributed by atoms with Gasteiger partial charge in [-0.2, -0.15) is 4.31 Å². The molecule has 1 atom stereocenters. The summed E-state index contributed by atoms with van der Waals surface area (Å²) in [6.45, 7) is 4.38. The molecule has 0 amide bonds. The van der Waals surface area contributed by atoms with Crippen LogP contribution in [0.25, 0.3) is 6.08 Å². The number of sulfonamides is 1. The first kappa shape index (κ1) is 26.1. The van der Waals surface area contributed by atoms with Crippen LogP contribution in [0.3, 0.4) is 0 Å². The second-order valence-corrected chi connectivity index (χ2v) is 11.7. The fourth-order valence-electron chi connectivity index (χ4n) is 4.62. The number of nitrogens with zero attached hydrogens (tertiary/aromatic N) is 1. The van der Waals surface area contributed by atoms with Crippen molar-refractivity contribution in [3.05, 3.63) is 71.3 Å². The Morgan fingerprint density at radius 3 is 2.35 bits per heavy atom. The van der Waals surface area contributed by atoms with E-state index >= 15 is 0 Å². The second kappa shape index (κ2) is 10.8. The first-order valence-corrected chi connectivity index (χ1v) is 12.9. The number of hydrogen-bond donors (Lipinski definition) is 3. The molecule has 0 saturated carbocycles. The van der Waals surface area contributed by atoms with E-state index in [0.29, 0.717) is 5.92 Å². The van der Waals surface area contributed by atoms with Crippen LogP contribution in [0.5, 0.6) is 0 Å². The molecule has 3 N–H and O–H groups in total. The molecule has 0 saturated heterocycles. The Kier molecular flexibility index (Phi) is 8.30. The Balaban J connectivity index is 1.56. The van der Waals surface area contributed by atoms with Gasteiger partial charge in [-0.15, -0.1) is 0 Å². The highest BCUT2D eigenvalue weighted by atomic mass is 32.2. The van der Waals surface area contributed by atoms with E-state index in [1.54, 1.807) is 18.2 Å². The zero-order valence-electron chi connectivity index (χ0n) is 19.9. The molecular weight excluding hydrogens is 452 g/mol. The summed E-state index contributed by atoms with van der Waals surface area (Å²) in [7, 11) is -2.50. The highest BCUT2D eigenvalue weighted by Crippen LogP contribution is 2.32. The molecule has 0 heterocycles. The highest BCUT2D eigenvalue weighted by molar-refractivity contribution is 7.89. The van der Waals surface area contributed by atoms with Gasteiger partial charge in [-0.3, -0.25) is 0 Å². The van der Waals surface area contributed by atoms with E-state index in [1.807, 2.05) is 0 Å². The molecule has 0 radical (unpaired) electrons. The van der Waals surface area contributed by atoms with Crippen molar-refractivity contribution in [1.82, 2.24) is 9.62 Å². The summed E-state index contributed by atoms with van der Waals surface area (Å²) in [5.74, 6) is -0.624. The van der Waals surface area contributed by atoms with Crippen molar-refractivity contribution in [1.29, 1.82) is 0 Å². The van der Waals surface area contributed by atoms with Crippen LogP contribution in [0, 0.1) is 5.92 Å². The van der Waals surface area contributed by atoms with Crippen molar-refractivity contribution in [2.45, 2.75) is 49.6 Å². The number of benzene rings is 2. The standard InChI is InChI=1S/C26H34N2O5S/c1-26(2,16-19-14-21-9-4-5-10-22(21)15-19)27-17-23(29)18-28(3)34(32,33)24-11-7-6-8-20(24)12-13-25(30)31/h4-13,19,23,27,29H,14-18H2,1-3H3,(H,30,31). The third kappa shape index (κ3) is 6.76. The van der Waals surface area contributed by atoms with Crippen molar-refractivity contribution in [3.63, 3.8) is 0 Å². The fourth-order valence-corrected chi connectivity index (χ4v) is 6.01. The van der Waals surface area contributed by atoms with Gasteiger partial charge in [-0.05, 0) is 67.9 Å². The van der Waals surface area contributed by atoms with E-state index in [4.69, 9.17) is 5.11 Å². The molecule has 8 heteroatoms. The van der Waals surface area contributed by atoms with Crippen molar-refractivity contribution < 1.29 is 23.4 Å². The van der Waals surface area contributed by atoms with E-state index in [9.17, 15) is 18.3 Å². The lowest BCUT2D eigenvalue weighted by molar-refractivity contribution is -0.131. The summed E-state index contributed by atoms with van der Waals surface area (Å²) >= 11 is 0. The maximum absolute atomic E-state index is 13.1. The Morgan fingerprint density at radius 1 is 1.15 bits per heavy atom. The molecule has 7 nitrogen and oxygen atoms in total. The quantitative estimate of drug-likeness (QED) is 0.422. The average Bonchev–Trinajstić information content (AvgIpc) is 3.18. The minimum Gasteiger partial charge on any atom is -0.478 e. The number of carboxylic acid groups (broad SMARTS) is 1. The zero-order valence-corrected chi connectivity index (χ0v) is 20.8. The number of aliphatic hydroxyl groups excluding tert-OH is 1. The van der Waals surface area contributed by atoms with Crippen LogP contribution in [-0.2, 0) is 27.7 Å². The molecule has 0 bridgehead atoms. The molecule has 3 rings (SSSR count). The van der Waals surface area contributed by atoms with Crippen LogP contribution in [0.1, 0.15) is 37.0 Å². The molecule has 0 fully saturated rings. The molecule has 2 aromatic carbocycles. The second-order valence-electron chi connectivity index (χ2n) is 9.66. The van der Waals surface area contributed by atoms with Crippen molar-refractivity contribution >= 4 is 22.1 Å². The zero-order chi connectivity index (χ0) is 24.9. The van der Waals surface area contributed by atoms with E-state index in [2.05, 4.69) is 43.4 Å². The molecule has 0 aliphatic heterocycles. The van der Waals surface area contributed by atoms with E-state index in [0.717, 1.165) is 29.6 Å². The van der Waals surface area contributed by atoms with Crippen molar-refractivity contribution in [2.24, 2.45) is 5.92 Å². The number of aliphatic hydroxyl groups is 1. The summed E-state index contributed by atoms with van der Waals surface area (Å²) < 4.78 is 27.3. The summed E-state index contributed by atoms with van der Waals surface area (Å²) in [5.41, 5.74) is 2.89. The van der Waals surface area contributed by atoms with Gasteiger partial charge in [0.15, 0.2) is 0 Å². The first-order chi connectivity index (χ1) is 16.0. The SMILES string of the molecule is CN(CC(O)CNC(C)(C)CC1Cc2ccccc2C1)S(=O)(=O)c1ccccc1C=CC(=O)O. The number of rotatable bonds is 11. The van der Waals surface area contributed by atoms with Gasteiger partial charge in [0.05, 0.1) is 11.0 Å². The molecule has 0 spiro atoms. The number of carboxylic acids is 1. The lowest BCUT2D eigenvalue weighted by atomic mass is 9.88. The summed E-state index contributed by atoms with van der Waals surface area (Å²) in [6.07, 6.45) is 4.32. The van der Waals surface area contributed by atoms with Gasteiger partial charge in [0.25, 0.3) is 0 Å². The number of hydrogen-bond acceptors (Lipinski definition) is 5. The maximum atomic E-state index is 13.1. The molecule has 2 aromatic rings. The maximum Gasteiger partial charge on any atom is 0.328 e. The van der Waals surface area contributed by atoms with Crippen LogP contribution in [0.2, 0.25) is 0 Å². The monoisotopic (exact) mass is 486 g/mol. The number of β-amino-alcohol motifs (C(OH)–C–C–N with tert-alkyl or cyclic N) is 1. The molecule has 1 aliphatic rings. The lowest BCUT2D eigenvalue weighted by Crippen LogP contribution is -2.47. The van der Waals surface area contributed by atoms with Crippen LogP contribution in [0.15, 0.2) is 59.5 Å². The van der Waals surface area contributed by atoms with Gasteiger partial charge in [0, 0.05) is 31.8 Å². The van der Waals surface area contributed by atoms with Crippen LogP contribution in [-0.4, -0.2) is 60.7 Å². The smallest absolute Gasteiger partial charge is 0.328 e. The van der Waals surface area contributed by atoms with Gasteiger partial charge >= 0.3 is 5.97 Å². The number of fused-ring (bicyclic) bond motifs is 1. The van der Waals surface area contributed by atoms with Gasteiger partial charge in [0.2, 0.25) is 10.0 Å². The summed E-state index contributed by atoms with van der Waals surface area (Å²) in [5, 5.41) is 22.9. The predicted molar refractivity (Wildman–Crippen MR) is 133 cm³/mol. The van der Waals surface area contributed by atoms with Crippen LogP contribution < -0.4 is 5.32 Å². The third-order valence-electron chi connectivity index (χ3n) is 6.23. The van der Waals surface area contributed by atoms with E-state index in [1.165, 1.54) is 30.3 Å². The number of aliphatic carboxylic acids is 1. The summed E-state index contributed by atoms with van der Waals surface area (Å²) in [4.78, 5) is 10.8. The largest absolute Gasteiger partial charge is 0.478 e. The van der Waals surface area contributed by atoms with Gasteiger partial charge in [0.1, 0.15) is 0 Å². The van der Waals surface area contributed by atoms with Crippen molar-refractivity contribution in [2.75, 3.05) is 20.1 Å². The van der Waals surface area contributed by atoms with Crippen LogP contribution in [0.4, 0.5) is 0 Å². The topological polar surface area (TPSA) is 107 Å². The van der Waals surface area contributed by atoms with Gasteiger partial charge in [-0.1, -0.05) is 42.5 Å². The van der Waals surface area contributed by atoms with Crippen LogP contribution >= 0.6 is 0 Å². The Morgan fingerprint density at radius 2 is 1.74 bits per heavy atom. The summed E-state index contributed by atoms with van der Waals surface area (Å²) in [6, 6.07) is 14.7. The average molecular weight is 487 g/mol. The predicted octanol–water partition coefficient (Wildman–Crippen LogP) is 2.94. The molecular formula is C26H34N2O5S. The van der Waals surface area contributed by atoms with Crippen molar-refractivity contribution in [3.8, 4) is 0 Å².